The lowest BCUT2D eigenvalue weighted by atomic mass is 10.1. The van der Waals surface area contributed by atoms with Gasteiger partial charge in [0.25, 0.3) is 0 Å². The van der Waals surface area contributed by atoms with E-state index in [0.29, 0.717) is 0 Å². The van der Waals surface area contributed by atoms with Crippen molar-refractivity contribution in [1.29, 1.82) is 0 Å². The van der Waals surface area contributed by atoms with Crippen molar-refractivity contribution < 1.29 is 0 Å². The van der Waals surface area contributed by atoms with E-state index in [4.69, 9.17) is 0 Å². The largest absolute Gasteiger partial charge is 0.256 e. The summed E-state index contributed by atoms with van der Waals surface area (Å²) in [6.45, 7) is 6.08. The van der Waals surface area contributed by atoms with Gasteiger partial charge in [-0.25, -0.2) is 0 Å². The summed E-state index contributed by atoms with van der Waals surface area (Å²) in [5.41, 5.74) is 3.47. The number of benzene rings is 1. The van der Waals surface area contributed by atoms with Gasteiger partial charge < -0.3 is 0 Å². The summed E-state index contributed by atoms with van der Waals surface area (Å²) < 4.78 is 0. The lowest BCUT2D eigenvalue weighted by molar-refractivity contribution is 1.27. The number of aryl methyl sites for hydroxylation is 1. The molecule has 1 heterocycles. The second kappa shape index (κ2) is 5.97. The van der Waals surface area contributed by atoms with Crippen LogP contribution in [0.1, 0.15) is 19.4 Å². The minimum Gasteiger partial charge on any atom is -0.256 e. The molecule has 1 nitrogen and oxygen atoms in total. The quantitative estimate of drug-likeness (QED) is 0.674. The fourth-order valence-corrected chi connectivity index (χ4v) is 1.38. The number of nitrogens with zero attached hydrogens (tertiary/aromatic N) is 1. The third-order valence-corrected chi connectivity index (χ3v) is 2.06. The Labute approximate surface area is 91.8 Å². The molecule has 15 heavy (non-hydrogen) atoms. The zero-order valence-electron chi connectivity index (χ0n) is 9.57. The van der Waals surface area contributed by atoms with Crippen LogP contribution in [0.25, 0.3) is 11.3 Å². The third-order valence-electron chi connectivity index (χ3n) is 2.06. The van der Waals surface area contributed by atoms with E-state index in [1.54, 1.807) is 0 Å². The Bertz CT molecular complexity index is 393. The molecule has 0 radical (unpaired) electrons. The van der Waals surface area contributed by atoms with Gasteiger partial charge in [-0.15, -0.1) is 0 Å². The molecule has 78 valence electrons. The molecule has 0 amide bonds. The van der Waals surface area contributed by atoms with Gasteiger partial charge in [0.05, 0.1) is 5.69 Å². The van der Waals surface area contributed by atoms with Crippen LogP contribution in [0.4, 0.5) is 0 Å². The van der Waals surface area contributed by atoms with E-state index in [1.165, 1.54) is 11.1 Å². The standard InChI is InChI=1S/C12H11N.C2H6/c1-10-6-5-9-13-12(10)11-7-3-2-4-8-11;1-2/h2-9H,1H3;1-2H3. The van der Waals surface area contributed by atoms with Gasteiger partial charge in [-0.1, -0.05) is 50.2 Å². The summed E-state index contributed by atoms with van der Waals surface area (Å²) in [6.07, 6.45) is 1.83. The average Bonchev–Trinajstić information content (AvgIpc) is 2.33. The number of aromatic nitrogens is 1. The number of rotatable bonds is 1. The first-order valence-corrected chi connectivity index (χ1v) is 5.35. The third kappa shape index (κ3) is 2.91. The molecule has 2 rings (SSSR count). The van der Waals surface area contributed by atoms with Gasteiger partial charge in [0.15, 0.2) is 0 Å². The molecule has 0 unspecified atom stereocenters. The zero-order chi connectivity index (χ0) is 11.1. The van der Waals surface area contributed by atoms with Crippen LogP contribution in [-0.2, 0) is 0 Å². The Morgan fingerprint density at radius 3 is 2.13 bits per heavy atom. The molecule has 0 N–H and O–H groups in total. The van der Waals surface area contributed by atoms with Crippen molar-refractivity contribution in [2.45, 2.75) is 20.8 Å². The van der Waals surface area contributed by atoms with Gasteiger partial charge in [-0.05, 0) is 18.6 Å². The molecule has 2 aromatic rings. The maximum atomic E-state index is 4.35. The Balaban J connectivity index is 0.000000531. The van der Waals surface area contributed by atoms with E-state index < -0.39 is 0 Å². The van der Waals surface area contributed by atoms with Crippen LogP contribution in [-0.4, -0.2) is 4.98 Å². The highest BCUT2D eigenvalue weighted by Crippen LogP contribution is 2.19. The average molecular weight is 199 g/mol. The van der Waals surface area contributed by atoms with Crippen molar-refractivity contribution in [1.82, 2.24) is 4.98 Å². The van der Waals surface area contributed by atoms with Crippen LogP contribution in [0, 0.1) is 6.92 Å². The second-order valence-electron chi connectivity index (χ2n) is 3.03. The number of hydrogen-bond acceptors (Lipinski definition) is 1. The van der Waals surface area contributed by atoms with Crippen LogP contribution < -0.4 is 0 Å². The predicted octanol–water partition coefficient (Wildman–Crippen LogP) is 4.08. The Morgan fingerprint density at radius 1 is 0.867 bits per heavy atom. The van der Waals surface area contributed by atoms with Crippen molar-refractivity contribution in [3.05, 3.63) is 54.2 Å². The van der Waals surface area contributed by atoms with Crippen LogP contribution in [0.15, 0.2) is 48.7 Å². The maximum absolute atomic E-state index is 4.35. The van der Waals surface area contributed by atoms with Crippen LogP contribution >= 0.6 is 0 Å². The molecule has 0 atom stereocenters. The van der Waals surface area contributed by atoms with E-state index in [2.05, 4.69) is 30.1 Å². The summed E-state index contributed by atoms with van der Waals surface area (Å²) in [6, 6.07) is 14.3. The van der Waals surface area contributed by atoms with Crippen molar-refractivity contribution in [2.24, 2.45) is 0 Å². The van der Waals surface area contributed by atoms with Gasteiger partial charge in [-0.3, -0.25) is 4.98 Å². The first-order valence-electron chi connectivity index (χ1n) is 5.35. The molecule has 0 aliphatic heterocycles. The predicted molar refractivity (Wildman–Crippen MR) is 65.8 cm³/mol. The monoisotopic (exact) mass is 199 g/mol. The van der Waals surface area contributed by atoms with E-state index in [0.717, 1.165) is 5.69 Å². The summed E-state index contributed by atoms with van der Waals surface area (Å²) in [5, 5.41) is 0. The molecule has 0 saturated heterocycles. The van der Waals surface area contributed by atoms with E-state index in [9.17, 15) is 0 Å². The maximum Gasteiger partial charge on any atom is 0.0731 e. The van der Waals surface area contributed by atoms with Crippen molar-refractivity contribution in [3.8, 4) is 11.3 Å². The molecule has 0 bridgehead atoms. The lowest BCUT2D eigenvalue weighted by Crippen LogP contribution is -1.85. The highest BCUT2D eigenvalue weighted by Gasteiger charge is 1.99. The Hall–Kier alpha value is -1.63. The molecule has 0 fully saturated rings. The Kier molecular flexibility index (Phi) is 4.55. The molecule has 0 aliphatic rings. The fraction of sp³-hybridized carbons (Fsp3) is 0.214. The second-order valence-corrected chi connectivity index (χ2v) is 3.03. The van der Waals surface area contributed by atoms with Gasteiger partial charge in [0, 0.05) is 11.8 Å². The molecule has 1 aromatic heterocycles. The fourth-order valence-electron chi connectivity index (χ4n) is 1.38. The Morgan fingerprint density at radius 2 is 1.53 bits per heavy atom. The summed E-state index contributed by atoms with van der Waals surface area (Å²) in [7, 11) is 0. The first-order chi connectivity index (χ1) is 7.38. The van der Waals surface area contributed by atoms with Gasteiger partial charge >= 0.3 is 0 Å². The topological polar surface area (TPSA) is 12.9 Å². The van der Waals surface area contributed by atoms with E-state index in [-0.39, 0.29) is 0 Å². The van der Waals surface area contributed by atoms with Crippen LogP contribution in [0.2, 0.25) is 0 Å². The molecule has 1 heteroatoms. The van der Waals surface area contributed by atoms with E-state index >= 15 is 0 Å². The van der Waals surface area contributed by atoms with Gasteiger partial charge in [-0.2, -0.15) is 0 Å². The molecular weight excluding hydrogens is 182 g/mol. The van der Waals surface area contributed by atoms with Crippen LogP contribution in [0.5, 0.6) is 0 Å². The highest BCUT2D eigenvalue weighted by atomic mass is 14.7. The van der Waals surface area contributed by atoms with Crippen LogP contribution in [0.3, 0.4) is 0 Å². The minimum absolute atomic E-state index is 1.07. The van der Waals surface area contributed by atoms with Crippen molar-refractivity contribution in [3.63, 3.8) is 0 Å². The summed E-state index contributed by atoms with van der Waals surface area (Å²) in [4.78, 5) is 4.35. The molecular formula is C14H17N. The van der Waals surface area contributed by atoms with Gasteiger partial charge in [0.2, 0.25) is 0 Å². The first kappa shape index (κ1) is 11.4. The summed E-state index contributed by atoms with van der Waals surface area (Å²) in [5.74, 6) is 0. The summed E-state index contributed by atoms with van der Waals surface area (Å²) >= 11 is 0. The highest BCUT2D eigenvalue weighted by molar-refractivity contribution is 5.62. The molecule has 1 aromatic carbocycles. The van der Waals surface area contributed by atoms with Gasteiger partial charge in [0.1, 0.15) is 0 Å². The SMILES string of the molecule is CC.Cc1cccnc1-c1ccccc1. The lowest BCUT2D eigenvalue weighted by Gasteiger charge is -2.02. The van der Waals surface area contributed by atoms with Crippen molar-refractivity contribution in [2.75, 3.05) is 0 Å². The van der Waals surface area contributed by atoms with Crippen molar-refractivity contribution >= 4 is 0 Å². The molecule has 0 spiro atoms. The molecule has 0 aliphatic carbocycles. The smallest absolute Gasteiger partial charge is 0.0731 e. The molecule has 0 saturated carbocycles. The zero-order valence-corrected chi connectivity index (χ0v) is 9.57. The number of pyridine rings is 1. The number of hydrogen-bond donors (Lipinski definition) is 0. The normalized spacial score (nSPS) is 9.00. The van der Waals surface area contributed by atoms with E-state index in [1.807, 2.05) is 44.3 Å². The minimum atomic E-state index is 1.07.